The summed E-state index contributed by atoms with van der Waals surface area (Å²) in [4.78, 5) is 9.00. The first kappa shape index (κ1) is 15.6. The second-order valence-corrected chi connectivity index (χ2v) is 4.60. The predicted octanol–water partition coefficient (Wildman–Crippen LogP) is 1.95. The molecule has 1 aromatic carbocycles. The first-order valence-corrected chi connectivity index (χ1v) is 6.34. The second-order valence-electron chi connectivity index (χ2n) is 4.60. The Balaban J connectivity index is 0.000000399. The van der Waals surface area contributed by atoms with Crippen LogP contribution < -0.4 is 5.32 Å². The lowest BCUT2D eigenvalue weighted by atomic mass is 9.88. The second kappa shape index (κ2) is 7.86. The third-order valence-corrected chi connectivity index (χ3v) is 3.04. The van der Waals surface area contributed by atoms with Gasteiger partial charge in [-0.2, -0.15) is 0 Å². The van der Waals surface area contributed by atoms with Gasteiger partial charge >= 0.3 is 0 Å². The number of hydrogen-bond acceptors (Lipinski definition) is 3. The lowest BCUT2D eigenvalue weighted by molar-refractivity contribution is -0.134. The quantitative estimate of drug-likeness (QED) is 0.767. The number of nitrogens with one attached hydrogen (secondary N) is 1. The summed E-state index contributed by atoms with van der Waals surface area (Å²) < 4.78 is 12.7. The summed E-state index contributed by atoms with van der Waals surface area (Å²) in [6, 6.07) is 6.14. The Labute approximate surface area is 112 Å². The van der Waals surface area contributed by atoms with Crippen molar-refractivity contribution >= 4 is 5.97 Å². The van der Waals surface area contributed by atoms with Crippen molar-refractivity contribution in [3.63, 3.8) is 0 Å². The number of hydrogen-bond donors (Lipinski definition) is 3. The molecule has 19 heavy (non-hydrogen) atoms. The summed E-state index contributed by atoms with van der Waals surface area (Å²) in [5.41, 5.74) is 0.823. The van der Waals surface area contributed by atoms with Gasteiger partial charge in [-0.3, -0.25) is 4.79 Å². The van der Waals surface area contributed by atoms with Crippen LogP contribution in [0.4, 0.5) is 4.39 Å². The summed E-state index contributed by atoms with van der Waals surface area (Å²) in [6.45, 7) is 3.01. The molecule has 1 aromatic rings. The number of halogens is 1. The molecule has 0 aromatic heterocycles. The number of carbonyl (C=O) groups is 1. The van der Waals surface area contributed by atoms with E-state index in [0.29, 0.717) is 5.92 Å². The summed E-state index contributed by atoms with van der Waals surface area (Å²) >= 11 is 0. The van der Waals surface area contributed by atoms with E-state index in [9.17, 15) is 9.50 Å². The molecule has 1 fully saturated rings. The molecule has 5 heteroatoms. The Morgan fingerprint density at radius 3 is 2.26 bits per heavy atom. The molecule has 1 atom stereocenters. The molecule has 3 N–H and O–H groups in total. The van der Waals surface area contributed by atoms with Gasteiger partial charge in [-0.15, -0.1) is 0 Å². The van der Waals surface area contributed by atoms with Crippen molar-refractivity contribution in [2.45, 2.75) is 25.9 Å². The highest BCUT2D eigenvalue weighted by atomic mass is 19.1. The van der Waals surface area contributed by atoms with E-state index >= 15 is 0 Å². The maximum Gasteiger partial charge on any atom is 0.300 e. The van der Waals surface area contributed by atoms with Crippen LogP contribution in [0.15, 0.2) is 24.3 Å². The summed E-state index contributed by atoms with van der Waals surface area (Å²) in [5.74, 6) is -0.784. The highest BCUT2D eigenvalue weighted by Gasteiger charge is 2.22. The molecule has 1 unspecified atom stereocenters. The number of carboxylic acid groups (broad SMARTS) is 1. The zero-order valence-electron chi connectivity index (χ0n) is 11.0. The molecule has 0 bridgehead atoms. The normalized spacial score (nSPS) is 17.2. The van der Waals surface area contributed by atoms with Gasteiger partial charge in [0.2, 0.25) is 0 Å². The number of aliphatic hydroxyl groups is 1. The highest BCUT2D eigenvalue weighted by molar-refractivity contribution is 5.62. The van der Waals surface area contributed by atoms with E-state index in [0.717, 1.165) is 38.4 Å². The maximum absolute atomic E-state index is 12.7. The van der Waals surface area contributed by atoms with Crippen molar-refractivity contribution in [2.75, 3.05) is 13.1 Å². The van der Waals surface area contributed by atoms with E-state index in [1.165, 1.54) is 12.1 Å². The van der Waals surface area contributed by atoms with Crippen molar-refractivity contribution < 1.29 is 19.4 Å². The van der Waals surface area contributed by atoms with E-state index < -0.39 is 12.1 Å². The average molecular weight is 269 g/mol. The van der Waals surface area contributed by atoms with E-state index in [1.54, 1.807) is 12.1 Å². The predicted molar refractivity (Wildman–Crippen MR) is 70.3 cm³/mol. The number of rotatable bonds is 2. The third-order valence-electron chi connectivity index (χ3n) is 3.04. The van der Waals surface area contributed by atoms with Gasteiger partial charge in [-0.1, -0.05) is 12.1 Å². The van der Waals surface area contributed by atoms with Gasteiger partial charge in [0.05, 0.1) is 6.10 Å². The van der Waals surface area contributed by atoms with Crippen molar-refractivity contribution in [1.29, 1.82) is 0 Å². The smallest absolute Gasteiger partial charge is 0.300 e. The first-order valence-electron chi connectivity index (χ1n) is 6.34. The van der Waals surface area contributed by atoms with Crippen LogP contribution in [0, 0.1) is 11.7 Å². The average Bonchev–Trinajstić information content (AvgIpc) is 2.39. The Morgan fingerprint density at radius 2 is 1.79 bits per heavy atom. The van der Waals surface area contributed by atoms with E-state index in [1.807, 2.05) is 0 Å². The summed E-state index contributed by atoms with van der Waals surface area (Å²) in [6.07, 6.45) is 1.52. The van der Waals surface area contributed by atoms with Crippen molar-refractivity contribution in [1.82, 2.24) is 5.32 Å². The van der Waals surface area contributed by atoms with Gasteiger partial charge in [0, 0.05) is 6.92 Å². The fourth-order valence-electron chi connectivity index (χ4n) is 2.09. The molecule has 4 nitrogen and oxygen atoms in total. The van der Waals surface area contributed by atoms with Crippen LogP contribution in [-0.4, -0.2) is 29.3 Å². The van der Waals surface area contributed by atoms with Gasteiger partial charge in [0.25, 0.3) is 5.97 Å². The Bertz CT molecular complexity index is 384. The molecule has 0 saturated carbocycles. The first-order chi connectivity index (χ1) is 9.00. The van der Waals surface area contributed by atoms with Crippen molar-refractivity contribution in [3.8, 4) is 0 Å². The molecule has 0 radical (unpaired) electrons. The molecule has 106 valence electrons. The number of carboxylic acids is 1. The zero-order chi connectivity index (χ0) is 14.3. The van der Waals surface area contributed by atoms with Gasteiger partial charge in [0.1, 0.15) is 5.82 Å². The Morgan fingerprint density at radius 1 is 1.32 bits per heavy atom. The minimum absolute atomic E-state index is 0.253. The lowest BCUT2D eigenvalue weighted by Gasteiger charge is -2.27. The molecule has 0 aliphatic carbocycles. The van der Waals surface area contributed by atoms with Crippen LogP contribution >= 0.6 is 0 Å². The van der Waals surface area contributed by atoms with Gasteiger partial charge in [-0.05, 0) is 49.5 Å². The molecule has 1 heterocycles. The molecular formula is C14H20FNO3. The van der Waals surface area contributed by atoms with E-state index in [4.69, 9.17) is 9.90 Å². The number of aliphatic hydroxyl groups excluding tert-OH is 1. The Hall–Kier alpha value is -1.46. The monoisotopic (exact) mass is 269 g/mol. The number of piperidine rings is 1. The van der Waals surface area contributed by atoms with Gasteiger partial charge in [0.15, 0.2) is 0 Å². The standard InChI is InChI=1S/C12H16FNO.C2H4O2/c13-11-3-1-9(2-4-11)12(15)10-5-7-14-8-6-10;1-2(3)4/h1-4,10,12,14-15H,5-8H2;1H3,(H,3,4). The van der Waals surface area contributed by atoms with Crippen LogP contribution in [0.1, 0.15) is 31.4 Å². The van der Waals surface area contributed by atoms with E-state index in [2.05, 4.69) is 5.32 Å². The number of aliphatic carboxylic acids is 1. The summed E-state index contributed by atoms with van der Waals surface area (Å²) in [5, 5.41) is 20.8. The molecule has 1 aliphatic rings. The molecule has 1 aliphatic heterocycles. The zero-order valence-corrected chi connectivity index (χ0v) is 11.0. The maximum atomic E-state index is 12.7. The van der Waals surface area contributed by atoms with E-state index in [-0.39, 0.29) is 5.82 Å². The number of benzene rings is 1. The summed E-state index contributed by atoms with van der Waals surface area (Å²) in [7, 11) is 0. The molecular weight excluding hydrogens is 249 g/mol. The van der Waals surface area contributed by atoms with Crippen molar-refractivity contribution in [3.05, 3.63) is 35.6 Å². The van der Waals surface area contributed by atoms with Crippen LogP contribution in [-0.2, 0) is 4.79 Å². The highest BCUT2D eigenvalue weighted by Crippen LogP contribution is 2.28. The van der Waals surface area contributed by atoms with Crippen LogP contribution in [0.2, 0.25) is 0 Å². The lowest BCUT2D eigenvalue weighted by Crippen LogP contribution is -2.30. The van der Waals surface area contributed by atoms with Crippen LogP contribution in [0.25, 0.3) is 0 Å². The largest absolute Gasteiger partial charge is 0.481 e. The molecule has 0 spiro atoms. The fourth-order valence-corrected chi connectivity index (χ4v) is 2.09. The van der Waals surface area contributed by atoms with Crippen LogP contribution in [0.3, 0.4) is 0 Å². The van der Waals surface area contributed by atoms with Gasteiger partial charge < -0.3 is 15.5 Å². The minimum atomic E-state index is -0.833. The topological polar surface area (TPSA) is 69.6 Å². The SMILES string of the molecule is CC(=O)O.OC(c1ccc(F)cc1)C1CCNCC1. The molecule has 0 amide bonds. The minimum Gasteiger partial charge on any atom is -0.481 e. The Kier molecular flexibility index (Phi) is 6.45. The third kappa shape index (κ3) is 5.81. The van der Waals surface area contributed by atoms with Gasteiger partial charge in [-0.25, -0.2) is 4.39 Å². The van der Waals surface area contributed by atoms with Crippen LogP contribution in [0.5, 0.6) is 0 Å². The fraction of sp³-hybridized carbons (Fsp3) is 0.500. The molecule has 2 rings (SSSR count). The molecule has 1 saturated heterocycles. The van der Waals surface area contributed by atoms with Crippen molar-refractivity contribution in [2.24, 2.45) is 5.92 Å².